The minimum atomic E-state index is -4.77. The fraction of sp³-hybridized carbons (Fsp3) is 0.247. The molecule has 2 heterocycles. The summed E-state index contributed by atoms with van der Waals surface area (Å²) in [4.78, 5) is 13.6. The van der Waals surface area contributed by atoms with Gasteiger partial charge in [0.1, 0.15) is 34.0 Å². The van der Waals surface area contributed by atoms with E-state index in [0.29, 0.717) is 51.2 Å². The van der Waals surface area contributed by atoms with Crippen molar-refractivity contribution < 1.29 is 41.7 Å². The maximum Gasteiger partial charge on any atom is 0.417 e. The number of carbonyl (C=O) groups excluding carboxylic acids is 1. The zero-order valence-corrected chi connectivity index (χ0v) is 47.0. The number of hydrogen-bond acceptors (Lipinski definition) is 6. The van der Waals surface area contributed by atoms with Crippen LogP contribution in [0, 0.1) is 5.92 Å². The Morgan fingerprint density at radius 2 is 1.37 bits per heavy atom. The predicted octanol–water partition coefficient (Wildman–Crippen LogP) is 17.1. The van der Waals surface area contributed by atoms with E-state index in [4.69, 9.17) is 18.6 Å². The van der Waals surface area contributed by atoms with Crippen LogP contribution < -0.4 is 30.0 Å². The number of furan rings is 1. The van der Waals surface area contributed by atoms with Crippen molar-refractivity contribution in [1.82, 2.24) is 0 Å². The fourth-order valence-corrected chi connectivity index (χ4v) is 13.6. The third kappa shape index (κ3) is 9.51. The maximum absolute atomic E-state index is 15.2. The zero-order valence-electron chi connectivity index (χ0n) is 47.0. The highest BCUT2D eigenvalue weighted by atomic mass is 19.4. The number of allylic oxidation sites excluding steroid dienone is 4. The van der Waals surface area contributed by atoms with Crippen molar-refractivity contribution in [2.24, 2.45) is 5.92 Å². The number of carbonyl (C=O) groups is 1. The number of unbranched alkanes of at least 4 members (excludes halogenated alkanes) is 2. The predicted molar refractivity (Wildman–Crippen MR) is 325 cm³/mol. The number of methoxy groups -OCH3 is 2. The monoisotopic (exact) mass is 1110 g/mol. The highest BCUT2D eigenvalue weighted by molar-refractivity contribution is 6.22. The third-order valence-corrected chi connectivity index (χ3v) is 18.1. The molecule has 0 bridgehead atoms. The number of halogens is 3. The standard InChI is InChI=1S/C73H64F3NO6/c1-5-7-8-9-44-10-12-45(13-11-44)46-14-16-47(17-15-46)48-18-20-49(21-19-48)70(78)77-54-27-33-57(62(42-54)73(74,75)76)50-22-32-59-64(41-50)83-63-35-34-60-65-58-36-37-71(52-23-28-55(80-3)29-24-52,53-25-30-56(81-4)31-26-53)43-51(58)40-61(65)68-69(67(60)66(59)63)82-39-38-72(68,79)6-2/h14-45,79H,5-13H2,1-4H3,(H,77,78)/t44-,45-,72?. The van der Waals surface area contributed by atoms with Gasteiger partial charge in [-0.3, -0.25) is 4.79 Å². The van der Waals surface area contributed by atoms with Crippen LogP contribution in [0.25, 0.3) is 66.6 Å². The highest BCUT2D eigenvalue weighted by Gasteiger charge is 2.40. The minimum Gasteiger partial charge on any atom is -0.497 e. The van der Waals surface area contributed by atoms with E-state index in [1.807, 2.05) is 55.5 Å². The van der Waals surface area contributed by atoms with E-state index >= 15 is 13.2 Å². The first kappa shape index (κ1) is 53.7. The molecule has 1 aromatic heterocycles. The third-order valence-electron chi connectivity index (χ3n) is 18.1. The molecule has 1 saturated carbocycles. The number of rotatable bonds is 14. The van der Waals surface area contributed by atoms with Crippen molar-refractivity contribution in [3.05, 3.63) is 226 Å². The molecule has 1 aliphatic heterocycles. The van der Waals surface area contributed by atoms with Crippen molar-refractivity contribution in [3.63, 3.8) is 0 Å². The Morgan fingerprint density at radius 3 is 2.02 bits per heavy atom. The quantitative estimate of drug-likeness (QED) is 0.105. The molecule has 418 valence electrons. The van der Waals surface area contributed by atoms with Crippen molar-refractivity contribution in [2.75, 3.05) is 19.5 Å². The summed E-state index contributed by atoms with van der Waals surface area (Å²) in [7, 11) is 3.30. The molecule has 10 heteroatoms. The molecule has 0 radical (unpaired) electrons. The van der Waals surface area contributed by atoms with Gasteiger partial charge >= 0.3 is 6.18 Å². The van der Waals surface area contributed by atoms with Gasteiger partial charge in [-0.15, -0.1) is 0 Å². The smallest absolute Gasteiger partial charge is 0.417 e. The summed E-state index contributed by atoms with van der Waals surface area (Å²) < 4.78 is 69.7. The second-order valence-electron chi connectivity index (χ2n) is 22.8. The number of ether oxygens (including phenoxy) is 3. The molecule has 4 aliphatic rings. The van der Waals surface area contributed by atoms with Gasteiger partial charge in [0.05, 0.1) is 31.5 Å². The maximum atomic E-state index is 15.2. The minimum absolute atomic E-state index is 0.0171. The lowest BCUT2D eigenvalue weighted by molar-refractivity contribution is -0.137. The largest absolute Gasteiger partial charge is 0.497 e. The lowest BCUT2D eigenvalue weighted by atomic mass is 9.70. The fourth-order valence-electron chi connectivity index (χ4n) is 13.6. The Morgan fingerprint density at radius 1 is 0.711 bits per heavy atom. The van der Waals surface area contributed by atoms with Gasteiger partial charge < -0.3 is 29.1 Å². The number of amides is 1. The van der Waals surface area contributed by atoms with Gasteiger partial charge in [-0.25, -0.2) is 0 Å². The van der Waals surface area contributed by atoms with Crippen LogP contribution in [0.4, 0.5) is 18.9 Å². The summed E-state index contributed by atoms with van der Waals surface area (Å²) in [6.45, 7) is 4.20. The van der Waals surface area contributed by atoms with Crippen LogP contribution in [0.3, 0.4) is 0 Å². The second-order valence-corrected chi connectivity index (χ2v) is 22.8. The van der Waals surface area contributed by atoms with E-state index in [0.717, 1.165) is 78.1 Å². The Bertz CT molecular complexity index is 4190. The Hall–Kier alpha value is -8.60. The van der Waals surface area contributed by atoms with E-state index in [9.17, 15) is 9.90 Å². The Labute approximate surface area is 480 Å². The summed E-state index contributed by atoms with van der Waals surface area (Å²) in [5.74, 6) is 2.90. The average Bonchev–Trinajstić information content (AvgIpc) is 3.16. The molecule has 0 saturated heterocycles. The molecule has 1 unspecified atom stereocenters. The molecule has 1 atom stereocenters. The Balaban J connectivity index is 0.821. The molecule has 0 spiro atoms. The topological polar surface area (TPSA) is 90.2 Å². The van der Waals surface area contributed by atoms with Crippen LogP contribution in [0.2, 0.25) is 0 Å². The summed E-state index contributed by atoms with van der Waals surface area (Å²) >= 11 is 0. The molecule has 13 rings (SSSR count). The highest BCUT2D eigenvalue weighted by Crippen LogP contribution is 2.49. The number of benzene rings is 8. The molecule has 1 fully saturated rings. The van der Waals surface area contributed by atoms with Crippen molar-refractivity contribution in [1.29, 1.82) is 0 Å². The number of fused-ring (bicyclic) bond motifs is 11. The molecule has 83 heavy (non-hydrogen) atoms. The van der Waals surface area contributed by atoms with Gasteiger partial charge in [-0.2, -0.15) is 13.2 Å². The summed E-state index contributed by atoms with van der Waals surface area (Å²) in [5.41, 5.74) is 6.44. The molecule has 1 amide bonds. The normalized spacial score (nSPS) is 18.7. The second kappa shape index (κ2) is 21.3. The molecular weight excluding hydrogens is 1040 g/mol. The van der Waals surface area contributed by atoms with E-state index in [-0.39, 0.29) is 16.8 Å². The summed E-state index contributed by atoms with van der Waals surface area (Å²) in [6.07, 6.45) is 17.9. The Kier molecular flexibility index (Phi) is 13.8. The first-order valence-corrected chi connectivity index (χ1v) is 29.0. The van der Waals surface area contributed by atoms with E-state index in [1.165, 1.54) is 75.3 Å². The van der Waals surface area contributed by atoms with Crippen molar-refractivity contribution in [2.45, 2.75) is 94.7 Å². The number of anilines is 1. The van der Waals surface area contributed by atoms with Crippen molar-refractivity contribution in [3.8, 4) is 39.5 Å². The summed E-state index contributed by atoms with van der Waals surface area (Å²) in [5, 5.41) is 20.0. The van der Waals surface area contributed by atoms with Crippen LogP contribution in [0.1, 0.15) is 116 Å². The van der Waals surface area contributed by atoms with Gasteiger partial charge in [0.15, 0.2) is 0 Å². The molecular formula is C73H64F3NO6. The van der Waals surface area contributed by atoms with Crippen LogP contribution in [0.5, 0.6) is 17.2 Å². The van der Waals surface area contributed by atoms with E-state index in [2.05, 4.69) is 85.1 Å². The van der Waals surface area contributed by atoms with Gasteiger partial charge in [0.2, 0.25) is 0 Å². The molecule has 2 N–H and O–H groups in total. The number of aliphatic hydroxyl groups is 1. The lowest BCUT2D eigenvalue weighted by Crippen LogP contribution is -2.39. The van der Waals surface area contributed by atoms with Crippen LogP contribution in [0.15, 0.2) is 186 Å². The number of nitrogens with one attached hydrogen (secondary N) is 1. The van der Waals surface area contributed by atoms with Gasteiger partial charge in [0, 0.05) is 33.0 Å². The van der Waals surface area contributed by atoms with Crippen LogP contribution >= 0.6 is 0 Å². The average molecular weight is 1110 g/mol. The lowest BCUT2D eigenvalue weighted by Gasteiger charge is -2.33. The summed E-state index contributed by atoms with van der Waals surface area (Å²) in [6, 6.07) is 44.9. The van der Waals surface area contributed by atoms with E-state index in [1.54, 1.807) is 50.6 Å². The first-order valence-electron chi connectivity index (χ1n) is 29.0. The van der Waals surface area contributed by atoms with Crippen molar-refractivity contribution >= 4 is 56.0 Å². The number of alkyl halides is 3. The van der Waals surface area contributed by atoms with E-state index < -0.39 is 28.7 Å². The molecule has 9 aromatic rings. The van der Waals surface area contributed by atoms with Crippen LogP contribution in [-0.2, 0) is 17.2 Å². The van der Waals surface area contributed by atoms with Gasteiger partial charge in [0.25, 0.3) is 5.91 Å². The van der Waals surface area contributed by atoms with Gasteiger partial charge in [-0.1, -0.05) is 131 Å². The molecule has 7 nitrogen and oxygen atoms in total. The van der Waals surface area contributed by atoms with Gasteiger partial charge in [-0.05, 0) is 195 Å². The SMILES string of the molecule is CCCCC[C@H]1CC[C@H](c2ccc(-c3ccc(C(=O)Nc4ccc(-c5ccc6c(c5)oc5ccc7c8c(c9c(c7c56)OC=CC9(O)CC)=CC5=CC(c6ccc(OC)cc6)(c6ccc(OC)cc6)C=CC=85)c(C(F)(F)F)c4)cc3)cc2)CC1. The molecule has 8 aromatic carbocycles. The zero-order chi connectivity index (χ0) is 57.2. The number of hydrogen-bond donors (Lipinski definition) is 2. The molecule has 3 aliphatic carbocycles. The van der Waals surface area contributed by atoms with Crippen LogP contribution in [-0.4, -0.2) is 25.2 Å². The first-order chi connectivity index (χ1) is 40.3.